The van der Waals surface area contributed by atoms with Crippen LogP contribution in [0.5, 0.6) is 0 Å². The number of hydrogen-bond donors (Lipinski definition) is 0. The molecule has 9 nitrogen and oxygen atoms in total. The molecule has 0 aromatic heterocycles. The van der Waals surface area contributed by atoms with Crippen LogP contribution in [-0.2, 0) is 11.4 Å². The second-order valence-electron chi connectivity index (χ2n) is 0.204. The first kappa shape index (κ1) is 101. The molecule has 0 aromatic carbocycles. The molecule has 0 aromatic rings. The van der Waals surface area contributed by atoms with E-state index in [0.717, 1.165) is 0 Å². The fourth-order valence-electron chi connectivity index (χ4n) is 0. The van der Waals surface area contributed by atoms with Crippen LogP contribution >= 0.6 is 0 Å². The molecule has 0 saturated heterocycles. The predicted octanol–water partition coefficient (Wildman–Crippen LogP) is -6.33. The van der Waals surface area contributed by atoms with Crippen LogP contribution in [0.4, 0.5) is 0 Å². The van der Waals surface area contributed by atoms with Gasteiger partial charge in [0.15, 0.2) is 0 Å². The Labute approximate surface area is 80.9 Å². The van der Waals surface area contributed by atoms with Gasteiger partial charge in [0.1, 0.15) is 0 Å². The molecular formula is H12MgO9S. The molecule has 0 saturated carbocycles. The Morgan fingerprint density at radius 1 is 0.727 bits per heavy atom. The van der Waals surface area contributed by atoms with Crippen LogP contribution in [-0.4, -0.2) is 69.2 Å². The van der Waals surface area contributed by atoms with Gasteiger partial charge in [0, 0.05) is 0 Å². The summed E-state index contributed by atoms with van der Waals surface area (Å²) in [6, 6.07) is 0. The van der Waals surface area contributed by atoms with Crippen LogP contribution in [0.2, 0.25) is 0 Å². The Morgan fingerprint density at radius 3 is 0.727 bits per heavy atom. The summed E-state index contributed by atoms with van der Waals surface area (Å²) in [7, 11) is 0. The van der Waals surface area contributed by atoms with Gasteiger partial charge in [0.2, 0.25) is 0 Å². The zero-order valence-electron chi connectivity index (χ0n) is 5.34. The first-order chi connectivity index (χ1) is 1.73. The van der Waals surface area contributed by atoms with Gasteiger partial charge in [-0.3, -0.25) is 4.21 Å². The Bertz CT molecular complexity index is 32.5. The average Bonchev–Trinajstić information content (AvgIpc) is 0.811. The molecule has 0 rings (SSSR count). The summed E-state index contributed by atoms with van der Waals surface area (Å²) in [5, 5.41) is 0. The number of rotatable bonds is 0. The van der Waals surface area contributed by atoms with Gasteiger partial charge in [-0.2, -0.15) is 0 Å². The molecule has 11 heteroatoms. The Morgan fingerprint density at radius 2 is 0.727 bits per heavy atom. The molecule has 11 heavy (non-hydrogen) atoms. The summed E-state index contributed by atoms with van der Waals surface area (Å²) < 4.78 is 25.3. The minimum atomic E-state index is -3.11. The molecule has 0 aliphatic heterocycles. The standard InChI is InChI=1S/Mg.H2O3S.6H2O/c;1-4(2)3;;;;;;/h;(H2,1,2,3);6*1H2/q+2;;;;;;;/p-2. The van der Waals surface area contributed by atoms with Crippen LogP contribution < -0.4 is 0 Å². The largest absolute Gasteiger partial charge is 2.00 e. The molecule has 0 heterocycles. The monoisotopic (exact) mass is 212 g/mol. The van der Waals surface area contributed by atoms with Gasteiger partial charge >= 0.3 is 23.1 Å². The van der Waals surface area contributed by atoms with Crippen molar-refractivity contribution in [3.05, 3.63) is 0 Å². The summed E-state index contributed by atoms with van der Waals surface area (Å²) in [4.78, 5) is 0. The molecule has 0 atom stereocenters. The molecule has 0 radical (unpaired) electrons. The summed E-state index contributed by atoms with van der Waals surface area (Å²) in [5.74, 6) is 0. The van der Waals surface area contributed by atoms with E-state index in [1.807, 2.05) is 0 Å². The van der Waals surface area contributed by atoms with Crippen molar-refractivity contribution < 1.29 is 46.2 Å². The van der Waals surface area contributed by atoms with E-state index in [0.29, 0.717) is 0 Å². The van der Waals surface area contributed by atoms with E-state index in [1.165, 1.54) is 0 Å². The maximum absolute atomic E-state index is 8.44. The summed E-state index contributed by atoms with van der Waals surface area (Å²) in [5.41, 5.74) is 0. The normalized spacial score (nSPS) is 3.18. The van der Waals surface area contributed by atoms with E-state index in [4.69, 9.17) is 13.3 Å². The molecule has 0 unspecified atom stereocenters. The fraction of sp³-hybridized carbons (Fsp3) is 0. The van der Waals surface area contributed by atoms with Crippen LogP contribution in [0.25, 0.3) is 0 Å². The van der Waals surface area contributed by atoms with E-state index in [9.17, 15) is 0 Å². The van der Waals surface area contributed by atoms with Crippen molar-refractivity contribution >= 4 is 34.4 Å². The SMILES string of the molecule is O.O.O.O.O.O.O=S([O-])[O-].[Mg+2]. The van der Waals surface area contributed by atoms with E-state index >= 15 is 0 Å². The van der Waals surface area contributed by atoms with Gasteiger partial charge in [0.05, 0.1) is 0 Å². The second-order valence-corrected chi connectivity index (χ2v) is 0.612. The zero-order valence-corrected chi connectivity index (χ0v) is 7.57. The van der Waals surface area contributed by atoms with Crippen molar-refractivity contribution in [2.45, 2.75) is 0 Å². The summed E-state index contributed by atoms with van der Waals surface area (Å²) in [6.45, 7) is 0. The zero-order chi connectivity index (χ0) is 3.58. The van der Waals surface area contributed by atoms with Gasteiger partial charge in [0.25, 0.3) is 0 Å². The van der Waals surface area contributed by atoms with Crippen molar-refractivity contribution in [1.29, 1.82) is 0 Å². The fourth-order valence-corrected chi connectivity index (χ4v) is 0. The first-order valence-electron chi connectivity index (χ1n) is 0.500. The van der Waals surface area contributed by atoms with E-state index < -0.39 is 11.4 Å². The molecule has 0 aliphatic carbocycles. The van der Waals surface area contributed by atoms with Gasteiger partial charge in [-0.1, -0.05) is 0 Å². The van der Waals surface area contributed by atoms with Crippen molar-refractivity contribution in [1.82, 2.24) is 0 Å². The van der Waals surface area contributed by atoms with Crippen molar-refractivity contribution in [2.24, 2.45) is 0 Å². The third-order valence-corrected chi connectivity index (χ3v) is 0. The van der Waals surface area contributed by atoms with Crippen LogP contribution in [0.15, 0.2) is 0 Å². The maximum Gasteiger partial charge on any atom is 2.00 e. The molecule has 0 fully saturated rings. The van der Waals surface area contributed by atoms with Crippen LogP contribution in [0, 0.1) is 0 Å². The van der Waals surface area contributed by atoms with Gasteiger partial charge in [-0.25, -0.2) is 0 Å². The van der Waals surface area contributed by atoms with Crippen molar-refractivity contribution in [3.63, 3.8) is 0 Å². The minimum absolute atomic E-state index is 0. The second kappa shape index (κ2) is 75.4. The van der Waals surface area contributed by atoms with Crippen LogP contribution in [0.3, 0.4) is 0 Å². The molecule has 74 valence electrons. The van der Waals surface area contributed by atoms with E-state index in [1.54, 1.807) is 0 Å². The van der Waals surface area contributed by atoms with Crippen molar-refractivity contribution in [3.8, 4) is 0 Å². The molecule has 0 amide bonds. The van der Waals surface area contributed by atoms with Gasteiger partial charge in [-0.05, 0) is 0 Å². The average molecular weight is 212 g/mol. The molecule has 0 aliphatic rings. The quantitative estimate of drug-likeness (QED) is 0.280. The summed E-state index contributed by atoms with van der Waals surface area (Å²) in [6.07, 6.45) is 0. The third kappa shape index (κ3) is 2200. The Balaban J connectivity index is -0.00000000214. The van der Waals surface area contributed by atoms with Crippen LogP contribution in [0.1, 0.15) is 0 Å². The molecule has 0 bridgehead atoms. The Hall–Kier alpha value is 0.596. The van der Waals surface area contributed by atoms with E-state index in [-0.39, 0.29) is 55.9 Å². The minimum Gasteiger partial charge on any atom is -0.784 e. The molecular weight excluding hydrogens is 200 g/mol. The maximum atomic E-state index is 8.44. The number of hydrogen-bond acceptors (Lipinski definition) is 3. The summed E-state index contributed by atoms with van der Waals surface area (Å²) >= 11 is -3.11. The third-order valence-electron chi connectivity index (χ3n) is 0. The van der Waals surface area contributed by atoms with E-state index in [2.05, 4.69) is 0 Å². The van der Waals surface area contributed by atoms with Gasteiger partial charge in [-0.15, -0.1) is 11.4 Å². The predicted molar refractivity (Wildman–Crippen MR) is 37.1 cm³/mol. The van der Waals surface area contributed by atoms with Gasteiger partial charge < -0.3 is 42.0 Å². The topological polar surface area (TPSA) is 252 Å². The molecule has 12 N–H and O–H groups in total. The first-order valence-corrected chi connectivity index (χ1v) is 1.50. The Kier molecular flexibility index (Phi) is 691. The smallest absolute Gasteiger partial charge is 0.784 e. The van der Waals surface area contributed by atoms with Crippen molar-refractivity contribution in [2.75, 3.05) is 0 Å². The molecule has 0 spiro atoms.